The van der Waals surface area contributed by atoms with Crippen molar-refractivity contribution in [3.05, 3.63) is 0 Å². The molecule has 0 aromatic rings. The molecule has 0 bridgehead atoms. The summed E-state index contributed by atoms with van der Waals surface area (Å²) in [6.45, 7) is 1.72. The molecule has 0 rings (SSSR count). The van der Waals surface area contributed by atoms with Crippen molar-refractivity contribution in [2.24, 2.45) is 0 Å². The zero-order valence-corrected chi connectivity index (χ0v) is 9.26. The fourth-order valence-corrected chi connectivity index (χ4v) is 1.23. The number of ketones is 1. The van der Waals surface area contributed by atoms with Crippen LogP contribution < -0.4 is 0 Å². The topological polar surface area (TPSA) is 43.4 Å². The van der Waals surface area contributed by atoms with Crippen molar-refractivity contribution >= 4 is 11.8 Å². The molecule has 0 aromatic heterocycles. The van der Waals surface area contributed by atoms with Gasteiger partial charge >= 0.3 is 5.97 Å². The summed E-state index contributed by atoms with van der Waals surface area (Å²) in [4.78, 5) is 22.1. The van der Waals surface area contributed by atoms with E-state index in [1.54, 1.807) is 6.92 Å². The summed E-state index contributed by atoms with van der Waals surface area (Å²) in [5, 5.41) is 0. The van der Waals surface area contributed by atoms with E-state index in [-0.39, 0.29) is 18.9 Å². The van der Waals surface area contributed by atoms with Gasteiger partial charge in [-0.15, -0.1) is 0 Å². The largest absolute Gasteiger partial charge is 0.466 e. The van der Waals surface area contributed by atoms with Crippen molar-refractivity contribution < 1.29 is 18.7 Å². The number of esters is 1. The summed E-state index contributed by atoms with van der Waals surface area (Å²) in [6, 6.07) is 0. The van der Waals surface area contributed by atoms with Gasteiger partial charge in [-0.3, -0.25) is 14.0 Å². The van der Waals surface area contributed by atoms with E-state index in [1.807, 2.05) is 0 Å². The second-order valence-electron chi connectivity index (χ2n) is 3.37. The number of ether oxygens (including phenoxy) is 1. The first-order valence-corrected chi connectivity index (χ1v) is 5.44. The van der Waals surface area contributed by atoms with E-state index in [4.69, 9.17) is 0 Å². The fraction of sp³-hybridized carbons (Fsp3) is 0.818. The minimum atomic E-state index is -0.453. The van der Waals surface area contributed by atoms with Crippen LogP contribution in [-0.2, 0) is 14.3 Å². The second-order valence-corrected chi connectivity index (χ2v) is 3.37. The van der Waals surface area contributed by atoms with Crippen LogP contribution in [0, 0.1) is 0 Å². The summed E-state index contributed by atoms with van der Waals surface area (Å²) in [6.07, 6.45) is 3.22. The summed E-state index contributed by atoms with van der Waals surface area (Å²) in [5.41, 5.74) is 0. The highest BCUT2D eigenvalue weighted by Gasteiger charge is 2.09. The first-order valence-electron chi connectivity index (χ1n) is 5.44. The Hall–Kier alpha value is -0.930. The van der Waals surface area contributed by atoms with Crippen molar-refractivity contribution in [3.8, 4) is 0 Å². The number of rotatable bonds is 9. The monoisotopic (exact) mass is 218 g/mol. The Balaban J connectivity index is 3.37. The summed E-state index contributed by atoms with van der Waals surface area (Å²) >= 11 is 0. The predicted octanol–water partition coefficient (Wildman–Crippen LogP) is 2.43. The van der Waals surface area contributed by atoms with Gasteiger partial charge in [0, 0.05) is 6.42 Å². The quantitative estimate of drug-likeness (QED) is 0.339. The lowest BCUT2D eigenvalue weighted by atomic mass is 10.1. The maximum atomic E-state index is 11.7. The van der Waals surface area contributed by atoms with Crippen LogP contribution in [0.25, 0.3) is 0 Å². The van der Waals surface area contributed by atoms with E-state index in [2.05, 4.69) is 4.74 Å². The molecule has 0 N–H and O–H groups in total. The minimum absolute atomic E-state index is 0.0892. The lowest BCUT2D eigenvalue weighted by Crippen LogP contribution is -2.10. The lowest BCUT2D eigenvalue weighted by molar-refractivity contribution is -0.145. The minimum Gasteiger partial charge on any atom is -0.466 e. The Labute approximate surface area is 90.0 Å². The molecule has 0 atom stereocenters. The van der Waals surface area contributed by atoms with Crippen LogP contribution in [0.2, 0.25) is 0 Å². The normalized spacial score (nSPS) is 10.0. The first-order chi connectivity index (χ1) is 7.20. The molecule has 0 aliphatic carbocycles. The molecule has 0 heterocycles. The molecule has 0 amide bonds. The molecule has 0 aliphatic heterocycles. The van der Waals surface area contributed by atoms with Gasteiger partial charge in [0.25, 0.3) is 0 Å². The standard InChI is InChI=1S/C11H19FO3/c1-2-15-11(14)9-10(13)7-5-3-4-6-8-12/h2-9H2,1H3. The van der Waals surface area contributed by atoms with Gasteiger partial charge in [0.2, 0.25) is 0 Å². The zero-order chi connectivity index (χ0) is 11.5. The Morgan fingerprint density at radius 3 is 2.40 bits per heavy atom. The molecular weight excluding hydrogens is 199 g/mol. The molecule has 3 nitrogen and oxygen atoms in total. The Bertz CT molecular complexity index is 192. The van der Waals surface area contributed by atoms with E-state index in [9.17, 15) is 14.0 Å². The number of hydrogen-bond donors (Lipinski definition) is 0. The van der Waals surface area contributed by atoms with Crippen molar-refractivity contribution in [2.75, 3.05) is 13.3 Å². The third-order valence-corrected chi connectivity index (χ3v) is 1.99. The molecule has 0 spiro atoms. The van der Waals surface area contributed by atoms with Gasteiger partial charge in [-0.1, -0.05) is 12.8 Å². The first kappa shape index (κ1) is 14.1. The molecular formula is C11H19FO3. The molecule has 4 heteroatoms. The van der Waals surface area contributed by atoms with E-state index in [1.165, 1.54) is 0 Å². The number of halogens is 1. The molecule has 15 heavy (non-hydrogen) atoms. The van der Waals surface area contributed by atoms with Crippen molar-refractivity contribution in [1.29, 1.82) is 0 Å². The highest BCUT2D eigenvalue weighted by molar-refractivity contribution is 5.95. The number of unbranched alkanes of at least 4 members (excludes halogenated alkanes) is 3. The van der Waals surface area contributed by atoms with Gasteiger partial charge in [0.05, 0.1) is 13.3 Å². The van der Waals surface area contributed by atoms with E-state index >= 15 is 0 Å². The van der Waals surface area contributed by atoms with Gasteiger partial charge in [0.1, 0.15) is 12.2 Å². The van der Waals surface area contributed by atoms with Gasteiger partial charge in [-0.2, -0.15) is 0 Å². The maximum absolute atomic E-state index is 11.7. The molecule has 0 saturated carbocycles. The van der Waals surface area contributed by atoms with Crippen LogP contribution in [0.4, 0.5) is 4.39 Å². The third kappa shape index (κ3) is 9.38. The molecule has 0 aromatic carbocycles. The molecule has 0 radical (unpaired) electrons. The summed E-state index contributed by atoms with van der Waals surface area (Å²) < 4.78 is 16.4. The van der Waals surface area contributed by atoms with E-state index in [0.29, 0.717) is 19.4 Å². The van der Waals surface area contributed by atoms with Crippen molar-refractivity contribution in [3.63, 3.8) is 0 Å². The van der Waals surface area contributed by atoms with Crippen LogP contribution in [0.15, 0.2) is 0 Å². The predicted molar refractivity (Wildman–Crippen MR) is 55.3 cm³/mol. The average Bonchev–Trinajstić information content (AvgIpc) is 2.17. The average molecular weight is 218 g/mol. The van der Waals surface area contributed by atoms with Gasteiger partial charge < -0.3 is 4.74 Å². The fourth-order valence-electron chi connectivity index (χ4n) is 1.23. The van der Waals surface area contributed by atoms with Crippen molar-refractivity contribution in [1.82, 2.24) is 0 Å². The SMILES string of the molecule is CCOC(=O)CC(=O)CCCCCCF. The number of alkyl halides is 1. The summed E-state index contributed by atoms with van der Waals surface area (Å²) in [5.74, 6) is -0.542. The Morgan fingerprint density at radius 1 is 1.13 bits per heavy atom. The molecule has 0 unspecified atom stereocenters. The Kier molecular flexibility index (Phi) is 9.02. The number of Topliss-reactive ketones (excluding diaryl/α,β-unsaturated/α-hetero) is 1. The number of carbonyl (C=O) groups excluding carboxylic acids is 2. The van der Waals surface area contributed by atoms with Crippen LogP contribution in [0.5, 0.6) is 0 Å². The van der Waals surface area contributed by atoms with Crippen LogP contribution in [0.1, 0.15) is 45.4 Å². The van der Waals surface area contributed by atoms with E-state index in [0.717, 1.165) is 19.3 Å². The molecule has 0 saturated heterocycles. The molecule has 88 valence electrons. The number of carbonyl (C=O) groups is 2. The van der Waals surface area contributed by atoms with E-state index < -0.39 is 5.97 Å². The second kappa shape index (κ2) is 9.62. The van der Waals surface area contributed by atoms with Gasteiger partial charge in [0.15, 0.2) is 0 Å². The van der Waals surface area contributed by atoms with Crippen molar-refractivity contribution in [2.45, 2.75) is 45.4 Å². The lowest BCUT2D eigenvalue weighted by Gasteiger charge is -2.01. The highest BCUT2D eigenvalue weighted by Crippen LogP contribution is 2.05. The number of hydrogen-bond acceptors (Lipinski definition) is 3. The van der Waals surface area contributed by atoms with Crippen LogP contribution in [-0.4, -0.2) is 25.0 Å². The highest BCUT2D eigenvalue weighted by atomic mass is 19.1. The molecule has 0 aliphatic rings. The summed E-state index contributed by atoms with van der Waals surface area (Å²) in [7, 11) is 0. The van der Waals surface area contributed by atoms with Gasteiger partial charge in [-0.25, -0.2) is 0 Å². The smallest absolute Gasteiger partial charge is 0.313 e. The zero-order valence-electron chi connectivity index (χ0n) is 9.26. The Morgan fingerprint density at radius 2 is 1.80 bits per heavy atom. The van der Waals surface area contributed by atoms with Crippen LogP contribution in [0.3, 0.4) is 0 Å². The third-order valence-electron chi connectivity index (χ3n) is 1.99. The molecule has 0 fully saturated rings. The van der Waals surface area contributed by atoms with Gasteiger partial charge in [-0.05, 0) is 19.8 Å². The maximum Gasteiger partial charge on any atom is 0.313 e. The van der Waals surface area contributed by atoms with Crippen LogP contribution >= 0.6 is 0 Å².